The van der Waals surface area contributed by atoms with Gasteiger partial charge in [-0.25, -0.2) is 0 Å². The third-order valence-corrected chi connectivity index (χ3v) is 4.13. The lowest BCUT2D eigenvalue weighted by atomic mass is 10.1. The Labute approximate surface area is 138 Å². The molecule has 1 aliphatic carbocycles. The summed E-state index contributed by atoms with van der Waals surface area (Å²) >= 11 is 5.70. The van der Waals surface area contributed by atoms with Crippen molar-refractivity contribution in [1.29, 1.82) is 0 Å². The van der Waals surface area contributed by atoms with Crippen LogP contribution in [0.15, 0.2) is 35.3 Å². The number of halogens is 1. The van der Waals surface area contributed by atoms with Crippen molar-refractivity contribution in [2.45, 2.75) is 19.3 Å². The molecule has 23 heavy (non-hydrogen) atoms. The molecule has 0 spiro atoms. The molecule has 1 heterocycles. The quantitative estimate of drug-likeness (QED) is 0.825. The molecule has 0 radical (unpaired) electrons. The van der Waals surface area contributed by atoms with Gasteiger partial charge in [-0.3, -0.25) is 9.59 Å². The maximum absolute atomic E-state index is 11.9. The van der Waals surface area contributed by atoms with Crippen molar-refractivity contribution >= 4 is 17.5 Å². The molecule has 0 saturated heterocycles. The molecule has 0 bridgehead atoms. The fourth-order valence-electron chi connectivity index (χ4n) is 2.66. The molecule has 120 valence electrons. The first-order chi connectivity index (χ1) is 11.1. The number of benzene rings is 1. The Kier molecular flexibility index (Phi) is 4.67. The average Bonchev–Trinajstić information content (AvgIpc) is 3.01. The molecule has 2 aromatic rings. The predicted molar refractivity (Wildman–Crippen MR) is 88.4 cm³/mol. The third-order valence-electron chi connectivity index (χ3n) is 3.85. The smallest absolute Gasteiger partial charge is 0.266 e. The van der Waals surface area contributed by atoms with Crippen molar-refractivity contribution in [3.63, 3.8) is 0 Å². The molecular weight excluding hydrogens is 316 g/mol. The summed E-state index contributed by atoms with van der Waals surface area (Å²) in [5, 5.41) is 2.72. The highest BCUT2D eigenvalue weighted by Gasteiger charge is 2.11. The Bertz CT molecular complexity index is 786. The largest absolute Gasteiger partial charge is 0.492 e. The number of hydrogen-bond donors (Lipinski definition) is 2. The van der Waals surface area contributed by atoms with E-state index in [-0.39, 0.29) is 10.9 Å². The molecule has 0 fully saturated rings. The van der Waals surface area contributed by atoms with Crippen LogP contribution in [0.3, 0.4) is 0 Å². The van der Waals surface area contributed by atoms with E-state index in [0.717, 1.165) is 18.6 Å². The molecule has 2 N–H and O–H groups in total. The van der Waals surface area contributed by atoms with E-state index in [1.807, 2.05) is 6.07 Å². The van der Waals surface area contributed by atoms with Crippen LogP contribution in [0.1, 0.15) is 27.9 Å². The van der Waals surface area contributed by atoms with Crippen molar-refractivity contribution < 1.29 is 9.53 Å². The minimum atomic E-state index is -0.414. The van der Waals surface area contributed by atoms with Gasteiger partial charge in [0.15, 0.2) is 0 Å². The zero-order valence-electron chi connectivity index (χ0n) is 12.5. The second-order valence-corrected chi connectivity index (χ2v) is 5.86. The van der Waals surface area contributed by atoms with Crippen LogP contribution in [0.2, 0.25) is 5.02 Å². The summed E-state index contributed by atoms with van der Waals surface area (Å²) in [5.74, 6) is 0.521. The number of aromatic amines is 1. The lowest BCUT2D eigenvalue weighted by Crippen LogP contribution is -2.28. The molecule has 0 atom stereocenters. The SMILES string of the molecule is O=C(NCCOc1ccc2c(c1)CCC2)c1c[nH]c(=O)c(Cl)c1. The number of carbonyl (C=O) groups is 1. The molecule has 0 saturated carbocycles. The molecule has 1 amide bonds. The minimum absolute atomic E-state index is 0.00737. The Morgan fingerprint density at radius 3 is 2.91 bits per heavy atom. The number of hydrogen-bond acceptors (Lipinski definition) is 3. The maximum atomic E-state index is 11.9. The fourth-order valence-corrected chi connectivity index (χ4v) is 2.83. The van der Waals surface area contributed by atoms with E-state index in [2.05, 4.69) is 22.4 Å². The molecular formula is C17H17ClN2O3. The normalized spacial score (nSPS) is 12.7. The van der Waals surface area contributed by atoms with E-state index in [1.165, 1.54) is 29.8 Å². The lowest BCUT2D eigenvalue weighted by molar-refractivity contribution is 0.0946. The molecule has 0 aliphatic heterocycles. The summed E-state index contributed by atoms with van der Waals surface area (Å²) in [6.45, 7) is 0.744. The highest BCUT2D eigenvalue weighted by Crippen LogP contribution is 2.25. The summed E-state index contributed by atoms with van der Waals surface area (Å²) in [7, 11) is 0. The van der Waals surface area contributed by atoms with Crippen LogP contribution in [0.25, 0.3) is 0 Å². The number of fused-ring (bicyclic) bond motifs is 1. The van der Waals surface area contributed by atoms with Crippen LogP contribution in [0.4, 0.5) is 0 Å². The van der Waals surface area contributed by atoms with Crippen LogP contribution < -0.4 is 15.6 Å². The summed E-state index contributed by atoms with van der Waals surface area (Å²) in [6, 6.07) is 7.50. The number of nitrogens with one attached hydrogen (secondary N) is 2. The van der Waals surface area contributed by atoms with Crippen LogP contribution in [-0.2, 0) is 12.8 Å². The van der Waals surface area contributed by atoms with E-state index < -0.39 is 5.56 Å². The monoisotopic (exact) mass is 332 g/mol. The van der Waals surface area contributed by atoms with Crippen LogP contribution in [0, 0.1) is 0 Å². The van der Waals surface area contributed by atoms with Crippen molar-refractivity contribution in [2.24, 2.45) is 0 Å². The molecule has 0 unspecified atom stereocenters. The Morgan fingerprint density at radius 1 is 1.26 bits per heavy atom. The topological polar surface area (TPSA) is 71.2 Å². The van der Waals surface area contributed by atoms with Gasteiger partial charge in [0.05, 0.1) is 12.1 Å². The van der Waals surface area contributed by atoms with Gasteiger partial charge < -0.3 is 15.0 Å². The standard InChI is InChI=1S/C17H17ClN2O3/c18-15-9-13(10-20-17(15)22)16(21)19-6-7-23-14-5-4-11-2-1-3-12(11)8-14/h4-5,8-10H,1-3,6-7H2,(H,19,21)(H,20,22). The highest BCUT2D eigenvalue weighted by atomic mass is 35.5. The number of rotatable bonds is 5. The van der Waals surface area contributed by atoms with Gasteiger partial charge in [-0.05, 0) is 48.6 Å². The first-order valence-electron chi connectivity index (χ1n) is 7.54. The number of H-pyrrole nitrogens is 1. The van der Waals surface area contributed by atoms with Crippen molar-refractivity contribution in [2.75, 3.05) is 13.2 Å². The van der Waals surface area contributed by atoms with Crippen LogP contribution in [0.5, 0.6) is 5.75 Å². The maximum Gasteiger partial charge on any atom is 0.266 e. The number of pyridine rings is 1. The predicted octanol–water partition coefficient (Wildman–Crippen LogP) is 2.33. The lowest BCUT2D eigenvalue weighted by Gasteiger charge is -2.09. The van der Waals surface area contributed by atoms with Gasteiger partial charge in [0, 0.05) is 6.20 Å². The molecule has 1 aromatic heterocycles. The summed E-state index contributed by atoms with van der Waals surface area (Å²) in [4.78, 5) is 25.5. The van der Waals surface area contributed by atoms with E-state index in [1.54, 1.807) is 0 Å². The van der Waals surface area contributed by atoms with Gasteiger partial charge in [0.1, 0.15) is 17.4 Å². The van der Waals surface area contributed by atoms with E-state index in [0.29, 0.717) is 18.7 Å². The van der Waals surface area contributed by atoms with Gasteiger partial charge in [-0.1, -0.05) is 17.7 Å². The third kappa shape index (κ3) is 3.74. The minimum Gasteiger partial charge on any atom is -0.492 e. The second-order valence-electron chi connectivity index (χ2n) is 5.45. The number of aromatic nitrogens is 1. The number of carbonyl (C=O) groups excluding carboxylic acids is 1. The zero-order chi connectivity index (χ0) is 16.2. The second kappa shape index (κ2) is 6.87. The van der Waals surface area contributed by atoms with Crippen molar-refractivity contribution in [3.8, 4) is 5.75 Å². The van der Waals surface area contributed by atoms with Crippen LogP contribution in [-0.4, -0.2) is 24.0 Å². The van der Waals surface area contributed by atoms with E-state index in [9.17, 15) is 9.59 Å². The van der Waals surface area contributed by atoms with Crippen LogP contribution >= 0.6 is 11.6 Å². The molecule has 1 aromatic carbocycles. The summed E-state index contributed by atoms with van der Waals surface area (Å²) in [6.07, 6.45) is 4.80. The molecule has 3 rings (SSSR count). The highest BCUT2D eigenvalue weighted by molar-refractivity contribution is 6.30. The van der Waals surface area contributed by atoms with Gasteiger partial charge >= 0.3 is 0 Å². The van der Waals surface area contributed by atoms with Gasteiger partial charge in [-0.15, -0.1) is 0 Å². The number of amides is 1. The van der Waals surface area contributed by atoms with Gasteiger partial charge in [0.2, 0.25) is 0 Å². The first-order valence-corrected chi connectivity index (χ1v) is 7.92. The summed E-state index contributed by atoms with van der Waals surface area (Å²) < 4.78 is 5.66. The van der Waals surface area contributed by atoms with Gasteiger partial charge in [-0.2, -0.15) is 0 Å². The number of ether oxygens (including phenoxy) is 1. The molecule has 6 heteroatoms. The van der Waals surface area contributed by atoms with Crippen molar-refractivity contribution in [3.05, 3.63) is 62.5 Å². The zero-order valence-corrected chi connectivity index (χ0v) is 13.3. The summed E-state index contributed by atoms with van der Waals surface area (Å²) in [5.41, 5.74) is 2.66. The Balaban J connectivity index is 1.48. The first kappa shape index (κ1) is 15.6. The van der Waals surface area contributed by atoms with E-state index >= 15 is 0 Å². The number of aryl methyl sites for hydroxylation is 2. The van der Waals surface area contributed by atoms with E-state index in [4.69, 9.17) is 16.3 Å². The van der Waals surface area contributed by atoms with Gasteiger partial charge in [0.25, 0.3) is 11.5 Å². The fraction of sp³-hybridized carbons (Fsp3) is 0.294. The Morgan fingerprint density at radius 2 is 2.09 bits per heavy atom. The average molecular weight is 333 g/mol. The van der Waals surface area contributed by atoms with Crippen molar-refractivity contribution in [1.82, 2.24) is 10.3 Å². The Hall–Kier alpha value is -2.27. The molecule has 5 nitrogen and oxygen atoms in total. The molecule has 1 aliphatic rings.